The predicted molar refractivity (Wildman–Crippen MR) is 105 cm³/mol. The van der Waals surface area contributed by atoms with E-state index in [1.54, 1.807) is 51.1 Å². The lowest BCUT2D eigenvalue weighted by molar-refractivity contribution is -0.135. The van der Waals surface area contributed by atoms with Crippen LogP contribution in [0.4, 0.5) is 11.4 Å². The van der Waals surface area contributed by atoms with Gasteiger partial charge in [0, 0.05) is 11.4 Å². The number of benzene rings is 2. The fraction of sp³-hybridized carbons (Fsp3) is 0.286. The van der Waals surface area contributed by atoms with Gasteiger partial charge in [0.2, 0.25) is 11.8 Å². The summed E-state index contributed by atoms with van der Waals surface area (Å²) in [4.78, 5) is 36.8. The normalized spacial score (nSPS) is 10.8. The standard InChI is InChI=1S/C21H24N2O4/c1-5-27-18(24)15-9-11-16(12-10-15)22-19(25)21(3,4)20(26)23-17-8-6-7-14(2)13-17/h6-13H,5H2,1-4H3,(H,22,25)(H,23,26). The summed E-state index contributed by atoms with van der Waals surface area (Å²) >= 11 is 0. The maximum atomic E-state index is 12.6. The number of esters is 1. The van der Waals surface area contributed by atoms with Gasteiger partial charge in [-0.05, 0) is 69.7 Å². The third-order valence-electron chi connectivity index (χ3n) is 4.07. The van der Waals surface area contributed by atoms with Crippen LogP contribution in [0.1, 0.15) is 36.7 Å². The number of carbonyl (C=O) groups is 3. The number of hydrogen-bond acceptors (Lipinski definition) is 4. The van der Waals surface area contributed by atoms with E-state index < -0.39 is 23.2 Å². The summed E-state index contributed by atoms with van der Waals surface area (Å²) in [5.74, 6) is -1.28. The highest BCUT2D eigenvalue weighted by atomic mass is 16.5. The Labute approximate surface area is 158 Å². The van der Waals surface area contributed by atoms with Crippen molar-refractivity contribution in [1.29, 1.82) is 0 Å². The zero-order chi connectivity index (χ0) is 20.0. The molecule has 2 rings (SSSR count). The predicted octanol–water partition coefficient (Wildman–Crippen LogP) is 3.78. The van der Waals surface area contributed by atoms with E-state index in [1.807, 2.05) is 25.1 Å². The van der Waals surface area contributed by atoms with E-state index in [9.17, 15) is 14.4 Å². The van der Waals surface area contributed by atoms with Crippen molar-refractivity contribution in [3.05, 3.63) is 59.7 Å². The van der Waals surface area contributed by atoms with Crippen molar-refractivity contribution in [2.75, 3.05) is 17.2 Å². The average molecular weight is 368 g/mol. The molecular weight excluding hydrogens is 344 g/mol. The van der Waals surface area contributed by atoms with Crippen LogP contribution >= 0.6 is 0 Å². The Hall–Kier alpha value is -3.15. The minimum atomic E-state index is -1.29. The molecule has 0 bridgehead atoms. The Balaban J connectivity index is 2.04. The second kappa shape index (κ2) is 8.49. The zero-order valence-electron chi connectivity index (χ0n) is 16.0. The molecular formula is C21H24N2O4. The number of aryl methyl sites for hydroxylation is 1. The van der Waals surface area contributed by atoms with Crippen LogP contribution in [0.2, 0.25) is 0 Å². The lowest BCUT2D eigenvalue weighted by Gasteiger charge is -2.23. The number of carbonyl (C=O) groups excluding carboxylic acids is 3. The molecule has 2 amide bonds. The first-order chi connectivity index (χ1) is 12.7. The van der Waals surface area contributed by atoms with E-state index >= 15 is 0 Å². The van der Waals surface area contributed by atoms with Crippen LogP contribution in [-0.2, 0) is 14.3 Å². The molecule has 0 unspecified atom stereocenters. The molecule has 2 N–H and O–H groups in total. The second-order valence-corrected chi connectivity index (χ2v) is 6.70. The number of nitrogens with one attached hydrogen (secondary N) is 2. The number of rotatable bonds is 6. The third-order valence-corrected chi connectivity index (χ3v) is 4.07. The minimum Gasteiger partial charge on any atom is -0.462 e. The van der Waals surface area contributed by atoms with E-state index in [4.69, 9.17) is 4.74 Å². The van der Waals surface area contributed by atoms with Crippen molar-refractivity contribution in [2.45, 2.75) is 27.7 Å². The van der Waals surface area contributed by atoms with Crippen LogP contribution in [0.25, 0.3) is 0 Å². The molecule has 2 aromatic carbocycles. The van der Waals surface area contributed by atoms with Gasteiger partial charge >= 0.3 is 5.97 Å². The summed E-state index contributed by atoms with van der Waals surface area (Å²) < 4.78 is 4.92. The van der Waals surface area contributed by atoms with Gasteiger partial charge in [-0.2, -0.15) is 0 Å². The summed E-state index contributed by atoms with van der Waals surface area (Å²) in [6.45, 7) is 7.06. The van der Waals surface area contributed by atoms with Crippen molar-refractivity contribution < 1.29 is 19.1 Å². The first-order valence-corrected chi connectivity index (χ1v) is 8.71. The van der Waals surface area contributed by atoms with Crippen LogP contribution in [0, 0.1) is 12.3 Å². The van der Waals surface area contributed by atoms with Gasteiger partial charge in [-0.15, -0.1) is 0 Å². The zero-order valence-corrected chi connectivity index (χ0v) is 16.0. The van der Waals surface area contributed by atoms with E-state index in [0.29, 0.717) is 23.5 Å². The van der Waals surface area contributed by atoms with Gasteiger partial charge in [0.25, 0.3) is 0 Å². The molecule has 0 aliphatic heterocycles. The van der Waals surface area contributed by atoms with Crippen molar-refractivity contribution in [2.24, 2.45) is 5.41 Å². The first kappa shape index (κ1) is 20.2. The smallest absolute Gasteiger partial charge is 0.338 e. The van der Waals surface area contributed by atoms with Crippen LogP contribution in [0.3, 0.4) is 0 Å². The molecule has 0 aromatic heterocycles. The Morgan fingerprint density at radius 1 is 0.926 bits per heavy atom. The van der Waals surface area contributed by atoms with Gasteiger partial charge in [0.1, 0.15) is 5.41 Å². The van der Waals surface area contributed by atoms with E-state index in [1.165, 1.54) is 0 Å². The first-order valence-electron chi connectivity index (χ1n) is 8.71. The van der Waals surface area contributed by atoms with Crippen molar-refractivity contribution in [3.8, 4) is 0 Å². The Kier molecular flexibility index (Phi) is 6.34. The Morgan fingerprint density at radius 3 is 2.07 bits per heavy atom. The third kappa shape index (κ3) is 5.17. The molecule has 0 saturated heterocycles. The lowest BCUT2D eigenvalue weighted by Crippen LogP contribution is -2.41. The SMILES string of the molecule is CCOC(=O)c1ccc(NC(=O)C(C)(C)C(=O)Nc2cccc(C)c2)cc1. The maximum absolute atomic E-state index is 12.6. The van der Waals surface area contributed by atoms with Gasteiger partial charge in [0.15, 0.2) is 0 Å². The van der Waals surface area contributed by atoms with E-state index in [-0.39, 0.29) is 0 Å². The average Bonchev–Trinajstić information content (AvgIpc) is 2.62. The molecule has 6 heteroatoms. The lowest BCUT2D eigenvalue weighted by atomic mass is 9.90. The van der Waals surface area contributed by atoms with E-state index in [0.717, 1.165) is 5.56 Å². The fourth-order valence-corrected chi connectivity index (χ4v) is 2.30. The van der Waals surface area contributed by atoms with Gasteiger partial charge < -0.3 is 15.4 Å². The molecule has 6 nitrogen and oxygen atoms in total. The Bertz CT molecular complexity index is 842. The van der Waals surface area contributed by atoms with Crippen molar-refractivity contribution in [3.63, 3.8) is 0 Å². The van der Waals surface area contributed by atoms with Crippen LogP contribution < -0.4 is 10.6 Å². The molecule has 0 heterocycles. The van der Waals surface area contributed by atoms with Gasteiger partial charge in [-0.3, -0.25) is 9.59 Å². The second-order valence-electron chi connectivity index (χ2n) is 6.70. The number of hydrogen-bond donors (Lipinski definition) is 2. The molecule has 142 valence electrons. The molecule has 0 aliphatic rings. The highest BCUT2D eigenvalue weighted by Gasteiger charge is 2.36. The van der Waals surface area contributed by atoms with E-state index in [2.05, 4.69) is 10.6 Å². The summed E-state index contributed by atoms with van der Waals surface area (Å²) in [6, 6.07) is 13.7. The molecule has 0 saturated carbocycles. The highest BCUT2D eigenvalue weighted by molar-refractivity contribution is 6.14. The number of amides is 2. The van der Waals surface area contributed by atoms with Crippen LogP contribution in [0.5, 0.6) is 0 Å². The van der Waals surface area contributed by atoms with Crippen LogP contribution in [-0.4, -0.2) is 24.4 Å². The molecule has 0 atom stereocenters. The molecule has 0 aliphatic carbocycles. The maximum Gasteiger partial charge on any atom is 0.338 e. The molecule has 0 radical (unpaired) electrons. The topological polar surface area (TPSA) is 84.5 Å². The number of ether oxygens (including phenoxy) is 1. The molecule has 0 spiro atoms. The summed E-state index contributed by atoms with van der Waals surface area (Å²) in [6.07, 6.45) is 0. The molecule has 0 fully saturated rings. The molecule has 27 heavy (non-hydrogen) atoms. The van der Waals surface area contributed by atoms with Gasteiger partial charge in [-0.1, -0.05) is 12.1 Å². The summed E-state index contributed by atoms with van der Waals surface area (Å²) in [5, 5.41) is 5.47. The molecule has 2 aromatic rings. The van der Waals surface area contributed by atoms with Gasteiger partial charge in [-0.25, -0.2) is 4.79 Å². The Morgan fingerprint density at radius 2 is 1.52 bits per heavy atom. The van der Waals surface area contributed by atoms with Gasteiger partial charge in [0.05, 0.1) is 12.2 Å². The largest absolute Gasteiger partial charge is 0.462 e. The highest BCUT2D eigenvalue weighted by Crippen LogP contribution is 2.22. The van der Waals surface area contributed by atoms with Crippen LogP contribution in [0.15, 0.2) is 48.5 Å². The van der Waals surface area contributed by atoms with Crippen molar-refractivity contribution in [1.82, 2.24) is 0 Å². The minimum absolute atomic E-state index is 0.293. The summed E-state index contributed by atoms with van der Waals surface area (Å²) in [7, 11) is 0. The van der Waals surface area contributed by atoms with Crippen molar-refractivity contribution >= 4 is 29.2 Å². The monoisotopic (exact) mass is 368 g/mol. The summed E-state index contributed by atoms with van der Waals surface area (Å²) in [5.41, 5.74) is 1.25. The number of anilines is 2. The fourth-order valence-electron chi connectivity index (χ4n) is 2.30. The quantitative estimate of drug-likeness (QED) is 0.600.